The maximum atomic E-state index is 13.0. The average molecular weight is 415 g/mol. The highest BCUT2D eigenvalue weighted by Crippen LogP contribution is 2.43. The Morgan fingerprint density at radius 3 is 2.48 bits per heavy atom. The summed E-state index contributed by atoms with van der Waals surface area (Å²) >= 11 is 0. The molecule has 0 bridgehead atoms. The van der Waals surface area contributed by atoms with Gasteiger partial charge in [0.1, 0.15) is 5.82 Å². The van der Waals surface area contributed by atoms with Crippen molar-refractivity contribution in [3.63, 3.8) is 0 Å². The van der Waals surface area contributed by atoms with Crippen molar-refractivity contribution in [3.8, 4) is 0 Å². The molecule has 6 heteroatoms. The third-order valence-electron chi connectivity index (χ3n) is 6.37. The number of nitrogens with one attached hydrogen (secondary N) is 1. The molecule has 1 N–H and O–H groups in total. The van der Waals surface area contributed by atoms with Crippen LogP contribution in [0.4, 0.5) is 0 Å². The molecule has 0 radical (unpaired) electrons. The fourth-order valence-corrected chi connectivity index (χ4v) is 4.68. The van der Waals surface area contributed by atoms with Crippen LogP contribution >= 0.6 is 0 Å². The average Bonchev–Trinajstić information content (AvgIpc) is 3.19. The number of ether oxygens (including phenoxy) is 1. The minimum Gasteiger partial charge on any atom is -0.365 e. The summed E-state index contributed by atoms with van der Waals surface area (Å²) in [6, 6.07) is 20.0. The smallest absolute Gasteiger partial charge is 0.236 e. The SMILES string of the molecule is O=C(CNC(c1ccccc1)c1ncccn1)N1CCC2(CC1)OCc1ccccc12. The Bertz CT molecular complexity index is 994. The molecule has 1 atom stereocenters. The number of nitrogens with zero attached hydrogens (tertiary/aromatic N) is 3. The number of benzene rings is 2. The van der Waals surface area contributed by atoms with Crippen LogP contribution < -0.4 is 5.32 Å². The summed E-state index contributed by atoms with van der Waals surface area (Å²) in [6.45, 7) is 2.31. The summed E-state index contributed by atoms with van der Waals surface area (Å²) in [5.41, 5.74) is 3.38. The minimum absolute atomic E-state index is 0.0954. The van der Waals surface area contributed by atoms with Gasteiger partial charge >= 0.3 is 0 Å². The molecule has 1 unspecified atom stereocenters. The number of likely N-dealkylation sites (tertiary alicyclic amines) is 1. The summed E-state index contributed by atoms with van der Waals surface area (Å²) in [4.78, 5) is 23.7. The van der Waals surface area contributed by atoms with E-state index in [-0.39, 0.29) is 24.1 Å². The number of piperidine rings is 1. The molecule has 6 nitrogen and oxygen atoms in total. The third kappa shape index (κ3) is 3.96. The largest absolute Gasteiger partial charge is 0.365 e. The molecule has 2 aliphatic rings. The molecule has 158 valence electrons. The van der Waals surface area contributed by atoms with Crippen molar-refractivity contribution in [2.75, 3.05) is 19.6 Å². The quantitative estimate of drug-likeness (QED) is 0.695. The van der Waals surface area contributed by atoms with E-state index in [0.29, 0.717) is 25.5 Å². The Labute approximate surface area is 182 Å². The van der Waals surface area contributed by atoms with Crippen molar-refractivity contribution in [2.24, 2.45) is 0 Å². The molecule has 3 aromatic rings. The van der Waals surface area contributed by atoms with Gasteiger partial charge in [0.2, 0.25) is 5.91 Å². The van der Waals surface area contributed by atoms with Crippen molar-refractivity contribution >= 4 is 5.91 Å². The number of amides is 1. The fraction of sp³-hybridized carbons (Fsp3) is 0.320. The van der Waals surface area contributed by atoms with Gasteiger partial charge in [0.15, 0.2) is 0 Å². The van der Waals surface area contributed by atoms with Gasteiger partial charge < -0.3 is 9.64 Å². The van der Waals surface area contributed by atoms with Crippen molar-refractivity contribution in [3.05, 3.63) is 95.6 Å². The van der Waals surface area contributed by atoms with E-state index in [1.165, 1.54) is 11.1 Å². The van der Waals surface area contributed by atoms with Crippen LogP contribution in [0.25, 0.3) is 0 Å². The van der Waals surface area contributed by atoms with E-state index in [1.54, 1.807) is 18.5 Å². The van der Waals surface area contributed by atoms with Gasteiger partial charge in [-0.3, -0.25) is 10.1 Å². The number of fused-ring (bicyclic) bond motifs is 2. The number of aromatic nitrogens is 2. The lowest BCUT2D eigenvalue weighted by atomic mass is 9.84. The number of rotatable bonds is 5. The zero-order valence-corrected chi connectivity index (χ0v) is 17.4. The number of hydrogen-bond acceptors (Lipinski definition) is 5. The van der Waals surface area contributed by atoms with Gasteiger partial charge in [-0.15, -0.1) is 0 Å². The van der Waals surface area contributed by atoms with Gasteiger partial charge in [-0.2, -0.15) is 0 Å². The van der Waals surface area contributed by atoms with Crippen LogP contribution in [-0.2, 0) is 21.7 Å². The second-order valence-electron chi connectivity index (χ2n) is 8.15. The predicted molar refractivity (Wildman–Crippen MR) is 117 cm³/mol. The zero-order chi connectivity index (χ0) is 21.1. The first kappa shape index (κ1) is 19.8. The van der Waals surface area contributed by atoms with Crippen LogP contribution in [0.2, 0.25) is 0 Å². The lowest BCUT2D eigenvalue weighted by molar-refractivity contribution is -0.137. The monoisotopic (exact) mass is 414 g/mol. The van der Waals surface area contributed by atoms with E-state index < -0.39 is 0 Å². The van der Waals surface area contributed by atoms with Crippen molar-refractivity contribution < 1.29 is 9.53 Å². The maximum absolute atomic E-state index is 13.0. The highest BCUT2D eigenvalue weighted by Gasteiger charge is 2.43. The Hall–Kier alpha value is -3.09. The Balaban J connectivity index is 1.24. The second-order valence-corrected chi connectivity index (χ2v) is 8.15. The standard InChI is InChI=1S/C25H26N4O2/c30-22(17-28-23(19-7-2-1-3-8-19)24-26-13-6-14-27-24)29-15-11-25(12-16-29)21-10-5-4-9-20(21)18-31-25/h1-10,13-14,23,28H,11-12,15-18H2. The summed E-state index contributed by atoms with van der Waals surface area (Å²) < 4.78 is 6.22. The normalized spacial score (nSPS) is 18.0. The van der Waals surface area contributed by atoms with E-state index in [2.05, 4.69) is 39.6 Å². The molecule has 2 aromatic carbocycles. The molecular weight excluding hydrogens is 388 g/mol. The van der Waals surface area contributed by atoms with Gasteiger partial charge in [0, 0.05) is 25.5 Å². The molecule has 1 saturated heterocycles. The van der Waals surface area contributed by atoms with Gasteiger partial charge in [-0.1, -0.05) is 54.6 Å². The van der Waals surface area contributed by atoms with E-state index in [4.69, 9.17) is 4.74 Å². The fourth-order valence-electron chi connectivity index (χ4n) is 4.68. The Kier molecular flexibility index (Phi) is 5.49. The highest BCUT2D eigenvalue weighted by molar-refractivity contribution is 5.78. The predicted octanol–water partition coefficient (Wildman–Crippen LogP) is 3.20. The Morgan fingerprint density at radius 2 is 1.71 bits per heavy atom. The first-order chi connectivity index (χ1) is 15.3. The minimum atomic E-state index is -0.231. The molecule has 1 spiro atoms. The summed E-state index contributed by atoms with van der Waals surface area (Å²) in [5.74, 6) is 0.757. The molecular formula is C25H26N4O2. The first-order valence-electron chi connectivity index (χ1n) is 10.8. The highest BCUT2D eigenvalue weighted by atomic mass is 16.5. The lowest BCUT2D eigenvalue weighted by Gasteiger charge is -2.39. The molecule has 31 heavy (non-hydrogen) atoms. The first-order valence-corrected chi connectivity index (χ1v) is 10.8. The number of hydrogen-bond donors (Lipinski definition) is 1. The zero-order valence-electron chi connectivity index (χ0n) is 17.4. The van der Waals surface area contributed by atoms with Gasteiger partial charge in [-0.25, -0.2) is 9.97 Å². The molecule has 0 saturated carbocycles. The van der Waals surface area contributed by atoms with E-state index in [1.807, 2.05) is 35.2 Å². The summed E-state index contributed by atoms with van der Waals surface area (Å²) in [7, 11) is 0. The Morgan fingerprint density at radius 1 is 1.00 bits per heavy atom. The number of carbonyl (C=O) groups excluding carboxylic acids is 1. The molecule has 1 aromatic heterocycles. The summed E-state index contributed by atoms with van der Waals surface area (Å²) in [6.07, 6.45) is 5.12. The molecule has 1 fully saturated rings. The van der Waals surface area contributed by atoms with E-state index in [0.717, 1.165) is 18.4 Å². The van der Waals surface area contributed by atoms with Gasteiger partial charge in [-0.05, 0) is 35.6 Å². The summed E-state index contributed by atoms with van der Waals surface area (Å²) in [5, 5.41) is 3.38. The molecule has 3 heterocycles. The van der Waals surface area contributed by atoms with Crippen LogP contribution in [0.1, 0.15) is 41.4 Å². The van der Waals surface area contributed by atoms with Crippen LogP contribution in [0, 0.1) is 0 Å². The van der Waals surface area contributed by atoms with E-state index >= 15 is 0 Å². The van der Waals surface area contributed by atoms with Crippen molar-refractivity contribution in [1.29, 1.82) is 0 Å². The van der Waals surface area contributed by atoms with Crippen LogP contribution in [-0.4, -0.2) is 40.4 Å². The van der Waals surface area contributed by atoms with Crippen LogP contribution in [0.5, 0.6) is 0 Å². The molecule has 1 amide bonds. The molecule has 2 aliphatic heterocycles. The third-order valence-corrected chi connectivity index (χ3v) is 6.37. The van der Waals surface area contributed by atoms with E-state index in [9.17, 15) is 4.79 Å². The van der Waals surface area contributed by atoms with Gasteiger partial charge in [0.25, 0.3) is 0 Å². The van der Waals surface area contributed by atoms with Crippen molar-refractivity contribution in [1.82, 2.24) is 20.2 Å². The maximum Gasteiger partial charge on any atom is 0.236 e. The van der Waals surface area contributed by atoms with Crippen molar-refractivity contribution in [2.45, 2.75) is 31.1 Å². The van der Waals surface area contributed by atoms with Crippen LogP contribution in [0.15, 0.2) is 73.1 Å². The molecule has 0 aliphatic carbocycles. The topological polar surface area (TPSA) is 67.4 Å². The van der Waals surface area contributed by atoms with Crippen LogP contribution in [0.3, 0.4) is 0 Å². The number of carbonyl (C=O) groups is 1. The second kappa shape index (κ2) is 8.57. The van der Waals surface area contributed by atoms with Gasteiger partial charge in [0.05, 0.1) is 24.8 Å². The molecule has 5 rings (SSSR count). The lowest BCUT2D eigenvalue weighted by Crippen LogP contribution is -2.48.